The molecule has 5 aliphatic rings. The number of aliphatic hydroxyl groups is 1. The van der Waals surface area contributed by atoms with Crippen molar-refractivity contribution >= 4 is 5.97 Å². The second-order valence-corrected chi connectivity index (χ2v) is 12.0. The number of hydrogen-bond acceptors (Lipinski definition) is 3. The van der Waals surface area contributed by atoms with Gasteiger partial charge in [-0.05, 0) is 110 Å². The highest BCUT2D eigenvalue weighted by Gasteiger charge is 2.66. The number of ether oxygens (including phenoxy) is 1. The molecule has 0 saturated heterocycles. The first-order valence-electron chi connectivity index (χ1n) is 11.7. The summed E-state index contributed by atoms with van der Waals surface area (Å²) in [5.74, 6) is 2.63. The Bertz CT molecular complexity index is 723. The minimum atomic E-state index is -0.462. The molecular formula is C25H38O3. The molecule has 1 N–H and O–H groups in total. The lowest BCUT2D eigenvalue weighted by Crippen LogP contribution is -2.61. The van der Waals surface area contributed by atoms with Gasteiger partial charge in [0.1, 0.15) is 6.61 Å². The molecule has 3 heteroatoms. The van der Waals surface area contributed by atoms with Gasteiger partial charge in [-0.15, -0.1) is 0 Å². The molecule has 4 saturated carbocycles. The summed E-state index contributed by atoms with van der Waals surface area (Å²) in [6.45, 7) is 10.3. The van der Waals surface area contributed by atoms with E-state index in [2.05, 4.69) is 27.7 Å². The van der Waals surface area contributed by atoms with Crippen molar-refractivity contribution in [2.24, 2.45) is 39.9 Å². The first kappa shape index (κ1) is 19.2. The maximum Gasteiger partial charge on any atom is 0.331 e. The van der Waals surface area contributed by atoms with E-state index in [-0.39, 0.29) is 5.97 Å². The summed E-state index contributed by atoms with van der Waals surface area (Å²) in [5, 5.41) is 10.7. The van der Waals surface area contributed by atoms with Crippen LogP contribution in [0.5, 0.6) is 0 Å². The molecular weight excluding hydrogens is 348 g/mol. The highest BCUT2D eigenvalue weighted by atomic mass is 16.5. The molecule has 28 heavy (non-hydrogen) atoms. The largest absolute Gasteiger partial charge is 0.458 e. The van der Waals surface area contributed by atoms with E-state index in [9.17, 15) is 9.90 Å². The molecule has 5 rings (SSSR count). The van der Waals surface area contributed by atoms with Crippen LogP contribution in [0.2, 0.25) is 0 Å². The number of esters is 1. The topological polar surface area (TPSA) is 46.5 Å². The van der Waals surface area contributed by atoms with Crippen molar-refractivity contribution in [3.8, 4) is 0 Å². The third kappa shape index (κ3) is 2.41. The predicted molar refractivity (Wildman–Crippen MR) is 109 cm³/mol. The van der Waals surface area contributed by atoms with E-state index in [4.69, 9.17) is 4.74 Å². The first-order valence-corrected chi connectivity index (χ1v) is 11.7. The molecule has 0 bridgehead atoms. The van der Waals surface area contributed by atoms with Crippen LogP contribution in [0.15, 0.2) is 11.6 Å². The molecule has 0 aromatic heterocycles. The smallest absolute Gasteiger partial charge is 0.331 e. The number of cyclic esters (lactones) is 1. The van der Waals surface area contributed by atoms with Gasteiger partial charge in [-0.25, -0.2) is 4.79 Å². The van der Waals surface area contributed by atoms with Crippen molar-refractivity contribution in [2.45, 2.75) is 91.1 Å². The summed E-state index contributed by atoms with van der Waals surface area (Å²) in [5.41, 5.74) is 1.89. The zero-order chi connectivity index (χ0) is 19.9. The van der Waals surface area contributed by atoms with Crippen LogP contribution in [0.1, 0.15) is 85.5 Å². The molecule has 8 atom stereocenters. The van der Waals surface area contributed by atoms with Crippen molar-refractivity contribution in [1.82, 2.24) is 0 Å². The summed E-state index contributed by atoms with van der Waals surface area (Å²) in [4.78, 5) is 11.7. The Kier molecular flexibility index (Phi) is 4.01. The molecule has 0 amide bonds. The molecule has 0 aromatic rings. The van der Waals surface area contributed by atoms with Gasteiger partial charge in [0.25, 0.3) is 0 Å². The Morgan fingerprint density at radius 3 is 2.36 bits per heavy atom. The fourth-order valence-corrected chi connectivity index (χ4v) is 9.02. The quantitative estimate of drug-likeness (QED) is 0.625. The molecule has 0 aromatic carbocycles. The third-order valence-corrected chi connectivity index (χ3v) is 10.9. The number of hydrogen-bond donors (Lipinski definition) is 1. The van der Waals surface area contributed by atoms with E-state index in [0.717, 1.165) is 24.7 Å². The van der Waals surface area contributed by atoms with Crippen molar-refractivity contribution in [1.29, 1.82) is 0 Å². The first-order chi connectivity index (χ1) is 13.1. The zero-order valence-corrected chi connectivity index (χ0v) is 18.2. The van der Waals surface area contributed by atoms with Gasteiger partial charge >= 0.3 is 5.97 Å². The lowest BCUT2D eigenvalue weighted by Gasteiger charge is -2.67. The minimum absolute atomic E-state index is 0.134. The van der Waals surface area contributed by atoms with Crippen LogP contribution in [0, 0.1) is 39.9 Å². The number of carbonyl (C=O) groups excluding carboxylic acids is 1. The van der Waals surface area contributed by atoms with E-state index in [1.54, 1.807) is 6.08 Å². The molecule has 0 spiro atoms. The van der Waals surface area contributed by atoms with Gasteiger partial charge in [0.15, 0.2) is 0 Å². The maximum atomic E-state index is 11.7. The lowest BCUT2D eigenvalue weighted by atomic mass is 9.38. The highest BCUT2D eigenvalue weighted by Crippen LogP contribution is 2.73. The van der Waals surface area contributed by atoms with Crippen LogP contribution in [-0.4, -0.2) is 23.3 Å². The Morgan fingerprint density at radius 1 is 0.929 bits per heavy atom. The summed E-state index contributed by atoms with van der Waals surface area (Å²) < 4.78 is 5.28. The van der Waals surface area contributed by atoms with Crippen LogP contribution < -0.4 is 0 Å². The van der Waals surface area contributed by atoms with Crippen LogP contribution in [-0.2, 0) is 9.53 Å². The molecule has 3 nitrogen and oxygen atoms in total. The molecule has 4 fully saturated rings. The van der Waals surface area contributed by atoms with Gasteiger partial charge < -0.3 is 9.84 Å². The van der Waals surface area contributed by atoms with Crippen molar-refractivity contribution in [3.63, 3.8) is 0 Å². The van der Waals surface area contributed by atoms with E-state index in [0.29, 0.717) is 34.7 Å². The fourth-order valence-electron chi connectivity index (χ4n) is 9.02. The fraction of sp³-hybridized carbons (Fsp3) is 0.880. The Hall–Kier alpha value is -0.830. The Labute approximate surface area is 170 Å². The molecule has 1 heterocycles. The average Bonchev–Trinajstić information content (AvgIpc) is 3.19. The second kappa shape index (κ2) is 5.86. The van der Waals surface area contributed by atoms with Gasteiger partial charge in [0.05, 0.1) is 5.60 Å². The van der Waals surface area contributed by atoms with E-state index < -0.39 is 5.60 Å². The van der Waals surface area contributed by atoms with Gasteiger partial charge in [0.2, 0.25) is 0 Å². The zero-order valence-electron chi connectivity index (χ0n) is 18.2. The maximum absolute atomic E-state index is 11.7. The van der Waals surface area contributed by atoms with Gasteiger partial charge in [0, 0.05) is 6.08 Å². The van der Waals surface area contributed by atoms with E-state index in [1.807, 2.05) is 0 Å². The van der Waals surface area contributed by atoms with Gasteiger partial charge in [-0.2, -0.15) is 0 Å². The SMILES string of the molecule is CC12CC[C@@]3(C)C(CC[C@@H]3C3=CC(=O)OC3)C1CC[C@@H]1C[C@@](C)(O)CC[C@@]12C. The van der Waals surface area contributed by atoms with Crippen molar-refractivity contribution in [3.05, 3.63) is 11.6 Å². The number of rotatable bonds is 1. The molecule has 4 aliphatic carbocycles. The molecule has 0 radical (unpaired) electrons. The van der Waals surface area contributed by atoms with E-state index in [1.165, 1.54) is 50.5 Å². The predicted octanol–water partition coefficient (Wildman–Crippen LogP) is 5.27. The number of fused-ring (bicyclic) bond motifs is 5. The standard InChI is InChI=1S/C25H38O3/c1-22(27)9-11-24(3)17(14-22)5-6-20-19-8-7-18(16-13-21(26)28-15-16)23(19,2)10-12-25(20,24)4/h13,17-20,27H,5-12,14-15H2,1-4H3/t17-,18-,19?,20?,22+,23-,24+,25?/m1/s1. The summed E-state index contributed by atoms with van der Waals surface area (Å²) in [7, 11) is 0. The second-order valence-electron chi connectivity index (χ2n) is 12.0. The van der Waals surface area contributed by atoms with E-state index >= 15 is 0 Å². The monoisotopic (exact) mass is 386 g/mol. The van der Waals surface area contributed by atoms with Crippen LogP contribution in [0.25, 0.3) is 0 Å². The average molecular weight is 387 g/mol. The normalized spacial score (nSPS) is 55.8. The lowest BCUT2D eigenvalue weighted by molar-refractivity contribution is -0.195. The molecule has 1 aliphatic heterocycles. The third-order valence-electron chi connectivity index (χ3n) is 10.9. The number of carbonyl (C=O) groups is 1. The Balaban J connectivity index is 1.46. The summed E-state index contributed by atoms with van der Waals surface area (Å²) >= 11 is 0. The highest BCUT2D eigenvalue weighted by molar-refractivity contribution is 5.85. The van der Waals surface area contributed by atoms with Crippen LogP contribution in [0.3, 0.4) is 0 Å². The minimum Gasteiger partial charge on any atom is -0.458 e. The van der Waals surface area contributed by atoms with Gasteiger partial charge in [-0.1, -0.05) is 20.8 Å². The van der Waals surface area contributed by atoms with Crippen LogP contribution >= 0.6 is 0 Å². The van der Waals surface area contributed by atoms with Crippen LogP contribution in [0.4, 0.5) is 0 Å². The summed E-state index contributed by atoms with van der Waals surface area (Å²) in [6.07, 6.45) is 12.7. The summed E-state index contributed by atoms with van der Waals surface area (Å²) in [6, 6.07) is 0. The molecule has 3 unspecified atom stereocenters. The van der Waals surface area contributed by atoms with Crippen molar-refractivity contribution < 1.29 is 14.6 Å². The molecule has 156 valence electrons. The Morgan fingerprint density at radius 2 is 1.64 bits per heavy atom. The van der Waals surface area contributed by atoms with Crippen molar-refractivity contribution in [2.75, 3.05) is 6.61 Å². The van der Waals surface area contributed by atoms with Gasteiger partial charge in [-0.3, -0.25) is 0 Å².